The summed E-state index contributed by atoms with van der Waals surface area (Å²) in [6, 6.07) is 10.5. The summed E-state index contributed by atoms with van der Waals surface area (Å²) in [6.45, 7) is 4.90. The van der Waals surface area contributed by atoms with Crippen molar-refractivity contribution < 1.29 is 0 Å². The van der Waals surface area contributed by atoms with Gasteiger partial charge in [-0.15, -0.1) is 0 Å². The number of benzene rings is 1. The van der Waals surface area contributed by atoms with Crippen LogP contribution in [0.1, 0.15) is 23.2 Å². The third-order valence-corrected chi connectivity index (χ3v) is 3.15. The molecule has 3 nitrogen and oxygen atoms in total. The number of nitrogens with two attached hydrogens (primary N) is 1. The van der Waals surface area contributed by atoms with Gasteiger partial charge in [-0.2, -0.15) is 5.10 Å². The van der Waals surface area contributed by atoms with Gasteiger partial charge in [0.1, 0.15) is 5.82 Å². The van der Waals surface area contributed by atoms with Crippen LogP contribution in [0.4, 0.5) is 5.82 Å². The predicted octanol–water partition coefficient (Wildman–Crippen LogP) is 2.71. The molecule has 0 spiro atoms. The second kappa shape index (κ2) is 5.04. The van der Waals surface area contributed by atoms with Crippen molar-refractivity contribution >= 4 is 5.82 Å². The van der Waals surface area contributed by atoms with E-state index in [1.54, 1.807) is 0 Å². The molecule has 2 rings (SSSR count). The molecule has 2 aromatic rings. The molecule has 0 unspecified atom stereocenters. The summed E-state index contributed by atoms with van der Waals surface area (Å²) in [6.07, 6.45) is 2.13. The molecule has 90 valence electrons. The quantitative estimate of drug-likeness (QED) is 0.876. The number of rotatable bonds is 4. The van der Waals surface area contributed by atoms with Gasteiger partial charge in [-0.05, 0) is 32.3 Å². The molecule has 0 saturated heterocycles. The number of aromatic nitrogens is 2. The molecule has 17 heavy (non-hydrogen) atoms. The third-order valence-electron chi connectivity index (χ3n) is 3.15. The van der Waals surface area contributed by atoms with Crippen LogP contribution < -0.4 is 5.73 Å². The van der Waals surface area contributed by atoms with Crippen LogP contribution in [0.2, 0.25) is 0 Å². The van der Waals surface area contributed by atoms with Gasteiger partial charge in [0.2, 0.25) is 0 Å². The van der Waals surface area contributed by atoms with Gasteiger partial charge in [0.15, 0.2) is 0 Å². The molecule has 1 heterocycles. The van der Waals surface area contributed by atoms with Crippen molar-refractivity contribution in [3.8, 4) is 0 Å². The van der Waals surface area contributed by atoms with Gasteiger partial charge in [0.25, 0.3) is 0 Å². The highest BCUT2D eigenvalue weighted by Crippen LogP contribution is 2.15. The van der Waals surface area contributed by atoms with E-state index in [-0.39, 0.29) is 0 Å². The van der Waals surface area contributed by atoms with Crippen molar-refractivity contribution in [3.05, 3.63) is 47.2 Å². The molecule has 0 bridgehead atoms. The molecule has 0 aliphatic heterocycles. The van der Waals surface area contributed by atoms with Gasteiger partial charge in [-0.1, -0.05) is 30.3 Å². The number of nitrogen functional groups attached to an aromatic ring is 1. The lowest BCUT2D eigenvalue weighted by atomic mass is 10.1. The molecule has 0 atom stereocenters. The van der Waals surface area contributed by atoms with Crippen LogP contribution in [-0.2, 0) is 13.0 Å². The highest BCUT2D eigenvalue weighted by molar-refractivity contribution is 5.41. The first-order valence-electron chi connectivity index (χ1n) is 6.02. The number of hydrogen-bond acceptors (Lipinski definition) is 2. The Bertz CT molecular complexity index is 486. The molecule has 2 N–H and O–H groups in total. The Labute approximate surface area is 102 Å². The monoisotopic (exact) mass is 229 g/mol. The van der Waals surface area contributed by atoms with Crippen molar-refractivity contribution in [3.63, 3.8) is 0 Å². The van der Waals surface area contributed by atoms with E-state index >= 15 is 0 Å². The van der Waals surface area contributed by atoms with E-state index in [4.69, 9.17) is 5.73 Å². The second-order valence-corrected chi connectivity index (χ2v) is 4.41. The zero-order valence-electron chi connectivity index (χ0n) is 10.5. The van der Waals surface area contributed by atoms with Crippen LogP contribution in [0.25, 0.3) is 0 Å². The Morgan fingerprint density at radius 2 is 1.88 bits per heavy atom. The standard InChI is InChI=1S/C14H19N3/c1-11-12(2)16-17(14(11)15)10-6-9-13-7-4-3-5-8-13/h3-5,7-8H,6,9-10,15H2,1-2H3. The zero-order valence-corrected chi connectivity index (χ0v) is 10.5. The lowest BCUT2D eigenvalue weighted by Crippen LogP contribution is -2.06. The Kier molecular flexibility index (Phi) is 3.47. The van der Waals surface area contributed by atoms with Crippen molar-refractivity contribution in [2.75, 3.05) is 5.73 Å². The van der Waals surface area contributed by atoms with E-state index in [1.165, 1.54) is 5.56 Å². The van der Waals surface area contributed by atoms with Gasteiger partial charge < -0.3 is 5.73 Å². The van der Waals surface area contributed by atoms with Gasteiger partial charge in [-0.25, -0.2) is 4.68 Å². The second-order valence-electron chi connectivity index (χ2n) is 4.41. The van der Waals surface area contributed by atoms with Crippen LogP contribution in [0.5, 0.6) is 0 Å². The van der Waals surface area contributed by atoms with Gasteiger partial charge >= 0.3 is 0 Å². The van der Waals surface area contributed by atoms with Crippen LogP contribution >= 0.6 is 0 Å². The molecule has 3 heteroatoms. The molecule has 1 aromatic carbocycles. The average Bonchev–Trinajstić information content (AvgIpc) is 2.59. The highest BCUT2D eigenvalue weighted by atomic mass is 15.3. The fraction of sp³-hybridized carbons (Fsp3) is 0.357. The lowest BCUT2D eigenvalue weighted by Gasteiger charge is -2.04. The van der Waals surface area contributed by atoms with Crippen molar-refractivity contribution in [1.82, 2.24) is 9.78 Å². The third kappa shape index (κ3) is 2.67. The van der Waals surface area contributed by atoms with Crippen molar-refractivity contribution in [1.29, 1.82) is 0 Å². The van der Waals surface area contributed by atoms with Crippen molar-refractivity contribution in [2.45, 2.75) is 33.2 Å². The summed E-state index contributed by atoms with van der Waals surface area (Å²) >= 11 is 0. The van der Waals surface area contributed by atoms with E-state index in [9.17, 15) is 0 Å². The summed E-state index contributed by atoms with van der Waals surface area (Å²) in [7, 11) is 0. The number of anilines is 1. The predicted molar refractivity (Wildman–Crippen MR) is 70.9 cm³/mol. The van der Waals surface area contributed by atoms with E-state index in [0.29, 0.717) is 0 Å². The molecule has 0 aliphatic rings. The summed E-state index contributed by atoms with van der Waals surface area (Å²) in [5.74, 6) is 0.801. The van der Waals surface area contributed by atoms with Crippen LogP contribution in [0, 0.1) is 13.8 Å². The molecular formula is C14H19N3. The SMILES string of the molecule is Cc1nn(CCCc2ccccc2)c(N)c1C. The van der Waals surface area contributed by atoms with Crippen molar-refractivity contribution in [2.24, 2.45) is 0 Å². The fourth-order valence-electron chi connectivity index (χ4n) is 1.94. The van der Waals surface area contributed by atoms with Crippen LogP contribution in [0.15, 0.2) is 30.3 Å². The number of nitrogens with zero attached hydrogens (tertiary/aromatic N) is 2. The first-order chi connectivity index (χ1) is 8.18. The Hall–Kier alpha value is -1.77. The van der Waals surface area contributed by atoms with Crippen LogP contribution in [0.3, 0.4) is 0 Å². The molecule has 1 aromatic heterocycles. The maximum absolute atomic E-state index is 5.98. The molecule has 0 saturated carbocycles. The molecule has 0 fully saturated rings. The molecule has 0 radical (unpaired) electrons. The first kappa shape index (κ1) is 11.7. The maximum atomic E-state index is 5.98. The zero-order chi connectivity index (χ0) is 12.3. The largest absolute Gasteiger partial charge is 0.384 e. The topological polar surface area (TPSA) is 43.8 Å². The van der Waals surface area contributed by atoms with E-state index in [0.717, 1.165) is 36.5 Å². The number of aryl methyl sites for hydroxylation is 3. The Morgan fingerprint density at radius 3 is 2.47 bits per heavy atom. The highest BCUT2D eigenvalue weighted by Gasteiger charge is 2.07. The average molecular weight is 229 g/mol. The minimum absolute atomic E-state index is 0.801. The summed E-state index contributed by atoms with van der Waals surface area (Å²) in [4.78, 5) is 0. The van der Waals surface area contributed by atoms with Gasteiger partial charge in [0, 0.05) is 12.1 Å². The first-order valence-corrected chi connectivity index (χ1v) is 6.02. The summed E-state index contributed by atoms with van der Waals surface area (Å²) in [5.41, 5.74) is 9.48. The molecular weight excluding hydrogens is 210 g/mol. The van der Waals surface area contributed by atoms with Gasteiger partial charge in [-0.3, -0.25) is 0 Å². The fourth-order valence-corrected chi connectivity index (χ4v) is 1.94. The summed E-state index contributed by atoms with van der Waals surface area (Å²) in [5, 5.41) is 4.43. The minimum atomic E-state index is 0.801. The van der Waals surface area contributed by atoms with E-state index < -0.39 is 0 Å². The smallest absolute Gasteiger partial charge is 0.124 e. The van der Waals surface area contributed by atoms with Crippen LogP contribution in [-0.4, -0.2) is 9.78 Å². The number of hydrogen-bond donors (Lipinski definition) is 1. The maximum Gasteiger partial charge on any atom is 0.124 e. The summed E-state index contributed by atoms with van der Waals surface area (Å²) < 4.78 is 1.91. The normalized spacial score (nSPS) is 10.7. The molecule has 0 amide bonds. The minimum Gasteiger partial charge on any atom is -0.384 e. The Balaban J connectivity index is 1.92. The van der Waals surface area contributed by atoms with Gasteiger partial charge in [0.05, 0.1) is 5.69 Å². The van der Waals surface area contributed by atoms with E-state index in [1.807, 2.05) is 24.6 Å². The Morgan fingerprint density at radius 1 is 1.18 bits per heavy atom. The lowest BCUT2D eigenvalue weighted by molar-refractivity contribution is 0.582. The molecule has 0 aliphatic carbocycles. The van der Waals surface area contributed by atoms with E-state index in [2.05, 4.69) is 29.4 Å².